The Morgan fingerprint density at radius 1 is 1.41 bits per heavy atom. The van der Waals surface area contributed by atoms with E-state index >= 15 is 0 Å². The molecule has 0 spiro atoms. The predicted octanol–water partition coefficient (Wildman–Crippen LogP) is 0.750. The van der Waals surface area contributed by atoms with Crippen LogP contribution in [-0.2, 0) is 22.7 Å². The summed E-state index contributed by atoms with van der Waals surface area (Å²) >= 11 is 0. The van der Waals surface area contributed by atoms with E-state index in [0.29, 0.717) is 11.4 Å². The number of nitrogens with one attached hydrogen (secondary N) is 1. The van der Waals surface area contributed by atoms with Crippen LogP contribution in [0.5, 0.6) is 0 Å². The number of ether oxygens (including phenoxy) is 1. The quantitative estimate of drug-likeness (QED) is 0.849. The fourth-order valence-corrected chi connectivity index (χ4v) is 1.83. The molecule has 0 unspecified atom stereocenters. The molecule has 0 fully saturated rings. The molecule has 0 radical (unpaired) electrons. The number of amides is 1. The highest BCUT2D eigenvalue weighted by molar-refractivity contribution is 5.90. The molecule has 7 nitrogen and oxygen atoms in total. The van der Waals surface area contributed by atoms with Gasteiger partial charge in [-0.15, -0.1) is 0 Å². The van der Waals surface area contributed by atoms with Gasteiger partial charge in [0.1, 0.15) is 12.4 Å². The molecule has 0 saturated heterocycles. The van der Waals surface area contributed by atoms with Crippen molar-refractivity contribution in [1.82, 2.24) is 9.55 Å². The molecular formula is C14H15FN4O3. The number of methoxy groups -OCH3 is 1. The van der Waals surface area contributed by atoms with Gasteiger partial charge in [-0.25, -0.2) is 9.37 Å². The van der Waals surface area contributed by atoms with E-state index in [1.165, 1.54) is 37.4 Å². The van der Waals surface area contributed by atoms with E-state index in [2.05, 4.69) is 10.3 Å². The Labute approximate surface area is 125 Å². The molecule has 3 N–H and O–H groups in total. The second-order valence-corrected chi connectivity index (χ2v) is 4.52. The Kier molecular flexibility index (Phi) is 4.84. The van der Waals surface area contributed by atoms with Crippen LogP contribution in [-0.4, -0.2) is 22.6 Å². The first kappa shape index (κ1) is 15.6. The first-order valence-electron chi connectivity index (χ1n) is 6.40. The van der Waals surface area contributed by atoms with Crippen molar-refractivity contribution in [2.45, 2.75) is 13.2 Å². The van der Waals surface area contributed by atoms with Crippen LogP contribution in [0.3, 0.4) is 0 Å². The summed E-state index contributed by atoms with van der Waals surface area (Å²) in [7, 11) is 1.47. The maximum absolute atomic E-state index is 12.8. The Hall–Kier alpha value is -2.74. The summed E-state index contributed by atoms with van der Waals surface area (Å²) in [4.78, 5) is 27.8. The smallest absolute Gasteiger partial charge is 0.255 e. The molecule has 2 rings (SSSR count). The lowest BCUT2D eigenvalue weighted by Crippen LogP contribution is -2.30. The molecule has 1 amide bonds. The van der Waals surface area contributed by atoms with Crippen LogP contribution >= 0.6 is 0 Å². The third kappa shape index (κ3) is 3.89. The number of hydrogen-bond acceptors (Lipinski definition) is 5. The lowest BCUT2D eigenvalue weighted by atomic mass is 10.3. The van der Waals surface area contributed by atoms with Crippen LogP contribution in [0, 0.1) is 5.82 Å². The Morgan fingerprint density at radius 3 is 2.68 bits per heavy atom. The van der Waals surface area contributed by atoms with Gasteiger partial charge in [-0.05, 0) is 24.3 Å². The Bertz CT molecular complexity index is 728. The Morgan fingerprint density at radius 2 is 2.09 bits per heavy atom. The SMILES string of the molecule is COCc1cc(=O)n(CC(=O)Nc2ccc(F)cc2)c(N)n1. The summed E-state index contributed by atoms with van der Waals surface area (Å²) < 4.78 is 18.7. The molecule has 0 bridgehead atoms. The van der Waals surface area contributed by atoms with E-state index in [-0.39, 0.29) is 19.1 Å². The number of anilines is 2. The van der Waals surface area contributed by atoms with Crippen LogP contribution in [0.1, 0.15) is 5.69 Å². The summed E-state index contributed by atoms with van der Waals surface area (Å²) in [6.45, 7) is -0.135. The highest BCUT2D eigenvalue weighted by Gasteiger charge is 2.10. The minimum absolute atomic E-state index is 0.0752. The molecule has 1 heterocycles. The van der Waals surface area contributed by atoms with Crippen LogP contribution in [0.2, 0.25) is 0 Å². The summed E-state index contributed by atoms with van der Waals surface area (Å²) in [5, 5.41) is 2.54. The van der Waals surface area contributed by atoms with Gasteiger partial charge < -0.3 is 15.8 Å². The predicted molar refractivity (Wildman–Crippen MR) is 78.7 cm³/mol. The minimum Gasteiger partial charge on any atom is -0.378 e. The van der Waals surface area contributed by atoms with Gasteiger partial charge >= 0.3 is 0 Å². The van der Waals surface area contributed by atoms with Gasteiger partial charge in [0.15, 0.2) is 0 Å². The van der Waals surface area contributed by atoms with Gasteiger partial charge in [0, 0.05) is 18.9 Å². The van der Waals surface area contributed by atoms with Gasteiger partial charge in [-0.1, -0.05) is 0 Å². The second-order valence-electron chi connectivity index (χ2n) is 4.52. The van der Waals surface area contributed by atoms with Gasteiger partial charge in [0.05, 0.1) is 12.3 Å². The molecule has 0 saturated carbocycles. The first-order valence-corrected chi connectivity index (χ1v) is 6.40. The maximum Gasteiger partial charge on any atom is 0.255 e. The third-order valence-electron chi connectivity index (χ3n) is 2.81. The zero-order valence-corrected chi connectivity index (χ0v) is 11.9. The van der Waals surface area contributed by atoms with Crippen molar-refractivity contribution >= 4 is 17.5 Å². The third-order valence-corrected chi connectivity index (χ3v) is 2.81. The Balaban J connectivity index is 2.11. The lowest BCUT2D eigenvalue weighted by molar-refractivity contribution is -0.116. The summed E-state index contributed by atoms with van der Waals surface area (Å²) in [6.07, 6.45) is 0. The second kappa shape index (κ2) is 6.81. The van der Waals surface area contributed by atoms with Gasteiger partial charge in [-0.3, -0.25) is 14.2 Å². The number of nitrogens with two attached hydrogens (primary N) is 1. The maximum atomic E-state index is 12.8. The number of carbonyl (C=O) groups excluding carboxylic acids is 1. The van der Waals surface area contributed by atoms with Crippen molar-refractivity contribution < 1.29 is 13.9 Å². The number of nitrogen functional groups attached to an aromatic ring is 1. The van der Waals surface area contributed by atoms with E-state index in [4.69, 9.17) is 10.5 Å². The van der Waals surface area contributed by atoms with Crippen LogP contribution in [0.4, 0.5) is 16.0 Å². The van der Waals surface area contributed by atoms with E-state index in [9.17, 15) is 14.0 Å². The monoisotopic (exact) mass is 306 g/mol. The number of rotatable bonds is 5. The molecule has 0 aliphatic heterocycles. The number of halogens is 1. The van der Waals surface area contributed by atoms with Crippen molar-refractivity contribution in [1.29, 1.82) is 0 Å². The van der Waals surface area contributed by atoms with Crippen LogP contribution in [0.15, 0.2) is 35.1 Å². The topological polar surface area (TPSA) is 99.2 Å². The van der Waals surface area contributed by atoms with E-state index < -0.39 is 17.3 Å². The molecule has 1 aromatic carbocycles. The summed E-state index contributed by atoms with van der Waals surface area (Å²) in [5.74, 6) is -0.952. The highest BCUT2D eigenvalue weighted by atomic mass is 19.1. The number of hydrogen-bond donors (Lipinski definition) is 2. The van der Waals surface area contributed by atoms with Gasteiger partial charge in [0.25, 0.3) is 5.56 Å². The molecule has 0 aliphatic rings. The van der Waals surface area contributed by atoms with Crippen molar-refractivity contribution in [3.05, 3.63) is 52.2 Å². The zero-order chi connectivity index (χ0) is 16.1. The average Bonchev–Trinajstić information content (AvgIpc) is 2.46. The first-order chi connectivity index (χ1) is 10.5. The van der Waals surface area contributed by atoms with Crippen LogP contribution in [0.25, 0.3) is 0 Å². The molecule has 1 aromatic heterocycles. The lowest BCUT2D eigenvalue weighted by Gasteiger charge is -2.10. The van der Waals surface area contributed by atoms with Crippen LogP contribution < -0.4 is 16.6 Å². The van der Waals surface area contributed by atoms with Crippen molar-refractivity contribution in [2.24, 2.45) is 0 Å². The summed E-state index contributed by atoms with van der Waals surface area (Å²) in [5.41, 5.74) is 6.04. The van der Waals surface area contributed by atoms with E-state index in [0.717, 1.165) is 4.57 Å². The summed E-state index contributed by atoms with van der Waals surface area (Å²) in [6, 6.07) is 6.53. The molecule has 2 aromatic rings. The fraction of sp³-hybridized carbons (Fsp3) is 0.214. The standard InChI is InChI=1S/C14H15FN4O3/c1-22-8-11-6-13(21)19(14(16)18-11)7-12(20)17-10-4-2-9(15)3-5-10/h2-6H,7-8H2,1H3,(H2,16,18)(H,17,20). The molecule has 0 atom stereocenters. The number of carbonyl (C=O) groups is 1. The number of benzene rings is 1. The molecule has 8 heteroatoms. The normalized spacial score (nSPS) is 10.5. The molecular weight excluding hydrogens is 291 g/mol. The van der Waals surface area contributed by atoms with E-state index in [1.54, 1.807) is 0 Å². The van der Waals surface area contributed by atoms with Crippen molar-refractivity contribution in [3.63, 3.8) is 0 Å². The van der Waals surface area contributed by atoms with Crippen molar-refractivity contribution in [3.8, 4) is 0 Å². The fourth-order valence-electron chi connectivity index (χ4n) is 1.83. The van der Waals surface area contributed by atoms with Gasteiger partial charge in [0.2, 0.25) is 11.9 Å². The van der Waals surface area contributed by atoms with Gasteiger partial charge in [-0.2, -0.15) is 0 Å². The average molecular weight is 306 g/mol. The zero-order valence-electron chi connectivity index (χ0n) is 11.9. The number of nitrogens with zero attached hydrogens (tertiary/aromatic N) is 2. The largest absolute Gasteiger partial charge is 0.378 e. The van der Waals surface area contributed by atoms with E-state index in [1.807, 2.05) is 0 Å². The van der Waals surface area contributed by atoms with Crippen molar-refractivity contribution in [2.75, 3.05) is 18.2 Å². The molecule has 0 aliphatic carbocycles. The highest BCUT2D eigenvalue weighted by Crippen LogP contribution is 2.08. The minimum atomic E-state index is -0.471. The number of aromatic nitrogens is 2. The molecule has 22 heavy (non-hydrogen) atoms. The molecule has 116 valence electrons.